The average Bonchev–Trinajstić information content (AvgIpc) is 3.03. The summed E-state index contributed by atoms with van der Waals surface area (Å²) in [5.41, 5.74) is 1.76. The zero-order valence-corrected chi connectivity index (χ0v) is 16.4. The summed E-state index contributed by atoms with van der Waals surface area (Å²) in [4.78, 5) is 11.2. The van der Waals surface area contributed by atoms with Gasteiger partial charge in [-0.05, 0) is 43.7 Å². The van der Waals surface area contributed by atoms with Crippen molar-refractivity contribution in [3.8, 4) is 11.4 Å². The highest BCUT2D eigenvalue weighted by atomic mass is 35.5. The standard InChI is InChI=1S/C19H18ClN3O3S/c1-12-6-3-4-9-16(12)26-11-17-21-22-19(27-13(2)18(24)25)23(17)15-8-5-7-14(20)10-15/h3-10,13H,11H2,1-2H3,(H,24,25)/t13-/m1/s1. The molecule has 1 atom stereocenters. The topological polar surface area (TPSA) is 77.2 Å². The van der Waals surface area contributed by atoms with Crippen LogP contribution in [0.15, 0.2) is 53.7 Å². The van der Waals surface area contributed by atoms with Crippen molar-refractivity contribution in [3.63, 3.8) is 0 Å². The van der Waals surface area contributed by atoms with E-state index in [1.807, 2.05) is 43.3 Å². The van der Waals surface area contributed by atoms with Crippen LogP contribution >= 0.6 is 23.4 Å². The van der Waals surface area contributed by atoms with Gasteiger partial charge in [0, 0.05) is 5.02 Å². The number of aromatic nitrogens is 3. The van der Waals surface area contributed by atoms with Gasteiger partial charge in [-0.25, -0.2) is 0 Å². The van der Waals surface area contributed by atoms with Crippen molar-refractivity contribution >= 4 is 29.3 Å². The highest BCUT2D eigenvalue weighted by molar-refractivity contribution is 8.00. The molecule has 6 nitrogen and oxygen atoms in total. The summed E-state index contributed by atoms with van der Waals surface area (Å²) >= 11 is 7.25. The minimum Gasteiger partial charge on any atom is -0.485 e. The number of benzene rings is 2. The second-order valence-electron chi connectivity index (χ2n) is 5.87. The number of carboxylic acid groups (broad SMARTS) is 1. The zero-order valence-electron chi connectivity index (χ0n) is 14.8. The van der Waals surface area contributed by atoms with Crippen molar-refractivity contribution in [3.05, 3.63) is 64.9 Å². The number of aryl methyl sites for hydroxylation is 1. The fourth-order valence-corrected chi connectivity index (χ4v) is 3.42. The zero-order chi connectivity index (χ0) is 19.4. The minimum absolute atomic E-state index is 0.187. The summed E-state index contributed by atoms with van der Waals surface area (Å²) in [6.07, 6.45) is 0. The summed E-state index contributed by atoms with van der Waals surface area (Å²) in [6.45, 7) is 3.76. The molecular weight excluding hydrogens is 386 g/mol. The predicted molar refractivity (Wildman–Crippen MR) is 105 cm³/mol. The molecule has 1 heterocycles. The molecule has 0 fully saturated rings. The first-order valence-electron chi connectivity index (χ1n) is 8.24. The lowest BCUT2D eigenvalue weighted by atomic mass is 10.2. The van der Waals surface area contributed by atoms with Gasteiger partial charge in [0.15, 0.2) is 11.0 Å². The van der Waals surface area contributed by atoms with Gasteiger partial charge < -0.3 is 9.84 Å². The van der Waals surface area contributed by atoms with E-state index in [-0.39, 0.29) is 6.61 Å². The third kappa shape index (κ3) is 4.61. The van der Waals surface area contributed by atoms with Crippen molar-refractivity contribution in [1.29, 1.82) is 0 Å². The Balaban J connectivity index is 1.94. The largest absolute Gasteiger partial charge is 0.485 e. The van der Waals surface area contributed by atoms with E-state index in [1.54, 1.807) is 23.6 Å². The third-order valence-electron chi connectivity index (χ3n) is 3.85. The molecule has 1 aromatic heterocycles. The Hall–Kier alpha value is -2.51. The maximum absolute atomic E-state index is 11.2. The van der Waals surface area contributed by atoms with Gasteiger partial charge in [0.25, 0.3) is 0 Å². The molecule has 8 heteroatoms. The van der Waals surface area contributed by atoms with E-state index in [2.05, 4.69) is 10.2 Å². The van der Waals surface area contributed by atoms with Gasteiger partial charge >= 0.3 is 5.97 Å². The average molecular weight is 404 g/mol. The highest BCUT2D eigenvalue weighted by Gasteiger charge is 2.21. The molecule has 0 saturated heterocycles. The minimum atomic E-state index is -0.918. The Morgan fingerprint density at radius 2 is 2.04 bits per heavy atom. The number of thioether (sulfide) groups is 1. The van der Waals surface area contributed by atoms with Gasteiger partial charge in [0.2, 0.25) is 0 Å². The van der Waals surface area contributed by atoms with E-state index in [0.29, 0.717) is 16.0 Å². The first-order chi connectivity index (χ1) is 13.0. The molecule has 0 unspecified atom stereocenters. The van der Waals surface area contributed by atoms with Crippen molar-refractivity contribution in [1.82, 2.24) is 14.8 Å². The molecule has 0 bridgehead atoms. The van der Waals surface area contributed by atoms with Crippen LogP contribution in [0.2, 0.25) is 5.02 Å². The van der Waals surface area contributed by atoms with Crippen LogP contribution in [0.25, 0.3) is 5.69 Å². The first-order valence-corrected chi connectivity index (χ1v) is 9.49. The lowest BCUT2D eigenvalue weighted by Crippen LogP contribution is -2.13. The quantitative estimate of drug-likeness (QED) is 0.590. The van der Waals surface area contributed by atoms with Gasteiger partial charge in [-0.2, -0.15) is 0 Å². The normalized spacial score (nSPS) is 12.0. The summed E-state index contributed by atoms with van der Waals surface area (Å²) in [5, 5.41) is 18.0. The number of carbonyl (C=O) groups is 1. The Kier molecular flexibility index (Phi) is 6.03. The molecular formula is C19H18ClN3O3S. The Labute approximate surface area is 166 Å². The maximum Gasteiger partial charge on any atom is 0.316 e. The van der Waals surface area contributed by atoms with Gasteiger partial charge in [-0.1, -0.05) is 47.6 Å². The Morgan fingerprint density at radius 3 is 2.74 bits per heavy atom. The molecule has 140 valence electrons. The second kappa shape index (κ2) is 8.45. The lowest BCUT2D eigenvalue weighted by molar-refractivity contribution is -0.136. The Morgan fingerprint density at radius 1 is 1.26 bits per heavy atom. The fraction of sp³-hybridized carbons (Fsp3) is 0.211. The van der Waals surface area contributed by atoms with Gasteiger partial charge in [-0.15, -0.1) is 10.2 Å². The van der Waals surface area contributed by atoms with Crippen molar-refractivity contribution in [2.45, 2.75) is 30.9 Å². The van der Waals surface area contributed by atoms with E-state index in [1.165, 1.54) is 0 Å². The summed E-state index contributed by atoms with van der Waals surface area (Å²) in [6, 6.07) is 14.9. The SMILES string of the molecule is Cc1ccccc1OCc1nnc(S[C@H](C)C(=O)O)n1-c1cccc(Cl)c1. The van der Waals surface area contributed by atoms with E-state index >= 15 is 0 Å². The van der Waals surface area contributed by atoms with E-state index in [4.69, 9.17) is 16.3 Å². The van der Waals surface area contributed by atoms with Crippen molar-refractivity contribution in [2.24, 2.45) is 0 Å². The Bertz CT molecular complexity index is 961. The van der Waals surface area contributed by atoms with Crippen LogP contribution in [0.4, 0.5) is 0 Å². The smallest absolute Gasteiger partial charge is 0.316 e. The van der Waals surface area contributed by atoms with Gasteiger partial charge in [0.05, 0.1) is 5.69 Å². The number of nitrogens with zero attached hydrogens (tertiary/aromatic N) is 3. The first kappa shape index (κ1) is 19.3. The second-order valence-corrected chi connectivity index (χ2v) is 7.61. The van der Waals surface area contributed by atoms with Crippen molar-refractivity contribution < 1.29 is 14.6 Å². The van der Waals surface area contributed by atoms with Crippen LogP contribution in [0.5, 0.6) is 5.75 Å². The molecule has 3 rings (SSSR count). The number of hydrogen-bond donors (Lipinski definition) is 1. The molecule has 3 aromatic rings. The number of rotatable bonds is 7. The third-order valence-corrected chi connectivity index (χ3v) is 5.11. The number of hydrogen-bond acceptors (Lipinski definition) is 5. The number of halogens is 1. The highest BCUT2D eigenvalue weighted by Crippen LogP contribution is 2.28. The fourth-order valence-electron chi connectivity index (χ4n) is 2.41. The maximum atomic E-state index is 11.2. The molecule has 27 heavy (non-hydrogen) atoms. The predicted octanol–water partition coefficient (Wildman–Crippen LogP) is 4.37. The molecule has 0 aliphatic heterocycles. The molecule has 0 aliphatic carbocycles. The lowest BCUT2D eigenvalue weighted by Gasteiger charge is -2.13. The number of ether oxygens (including phenoxy) is 1. The summed E-state index contributed by atoms with van der Waals surface area (Å²) < 4.78 is 7.67. The molecule has 0 aliphatic rings. The van der Waals surface area contributed by atoms with E-state index in [0.717, 1.165) is 28.8 Å². The summed E-state index contributed by atoms with van der Waals surface area (Å²) in [7, 11) is 0. The van der Waals surface area contributed by atoms with Crippen LogP contribution < -0.4 is 4.74 Å². The monoisotopic (exact) mass is 403 g/mol. The number of carboxylic acids is 1. The number of aliphatic carboxylic acids is 1. The van der Waals surface area contributed by atoms with Crippen LogP contribution in [0.1, 0.15) is 18.3 Å². The molecule has 1 N–H and O–H groups in total. The summed E-state index contributed by atoms with van der Waals surface area (Å²) in [5.74, 6) is 0.394. The van der Waals surface area contributed by atoms with Crippen LogP contribution in [0, 0.1) is 6.92 Å². The van der Waals surface area contributed by atoms with Gasteiger partial charge in [0.1, 0.15) is 17.6 Å². The van der Waals surface area contributed by atoms with E-state index < -0.39 is 11.2 Å². The van der Waals surface area contributed by atoms with E-state index in [9.17, 15) is 9.90 Å². The molecule has 0 saturated carbocycles. The van der Waals surface area contributed by atoms with Crippen LogP contribution in [-0.4, -0.2) is 31.1 Å². The van der Waals surface area contributed by atoms with Crippen molar-refractivity contribution in [2.75, 3.05) is 0 Å². The number of para-hydroxylation sites is 1. The molecule has 0 radical (unpaired) electrons. The van der Waals surface area contributed by atoms with Crippen LogP contribution in [-0.2, 0) is 11.4 Å². The molecule has 0 amide bonds. The van der Waals surface area contributed by atoms with Crippen LogP contribution in [0.3, 0.4) is 0 Å². The molecule has 0 spiro atoms. The molecule has 2 aromatic carbocycles. The van der Waals surface area contributed by atoms with Gasteiger partial charge in [-0.3, -0.25) is 9.36 Å².